The van der Waals surface area contributed by atoms with Crippen LogP contribution in [0.3, 0.4) is 0 Å². The SMILES string of the molecule is NC(=O)C(=O)CC(=O)C1OO1. The summed E-state index contributed by atoms with van der Waals surface area (Å²) < 4.78 is 0. The highest BCUT2D eigenvalue weighted by molar-refractivity contribution is 6.38. The van der Waals surface area contributed by atoms with Gasteiger partial charge < -0.3 is 5.73 Å². The Morgan fingerprint density at radius 1 is 1.27 bits per heavy atom. The van der Waals surface area contributed by atoms with Crippen molar-refractivity contribution in [3.8, 4) is 0 Å². The Kier molecular flexibility index (Phi) is 1.97. The molecule has 1 aliphatic heterocycles. The highest BCUT2D eigenvalue weighted by atomic mass is 17.4. The summed E-state index contributed by atoms with van der Waals surface area (Å²) in [5.74, 6) is -2.65. The van der Waals surface area contributed by atoms with Crippen LogP contribution in [0.5, 0.6) is 0 Å². The molecule has 0 bridgehead atoms. The summed E-state index contributed by atoms with van der Waals surface area (Å²) in [6.45, 7) is 0. The summed E-state index contributed by atoms with van der Waals surface area (Å²) in [5, 5.41) is 0. The second-order valence-corrected chi connectivity index (χ2v) is 1.95. The van der Waals surface area contributed by atoms with Gasteiger partial charge in [0.2, 0.25) is 11.6 Å². The van der Waals surface area contributed by atoms with E-state index in [-0.39, 0.29) is 0 Å². The van der Waals surface area contributed by atoms with Crippen molar-refractivity contribution in [2.75, 3.05) is 0 Å². The minimum Gasteiger partial charge on any atom is -0.363 e. The van der Waals surface area contributed by atoms with Gasteiger partial charge in [-0.15, -0.1) is 0 Å². The van der Waals surface area contributed by atoms with Gasteiger partial charge in [0, 0.05) is 0 Å². The van der Waals surface area contributed by atoms with Gasteiger partial charge in [-0.25, -0.2) is 0 Å². The average molecular weight is 159 g/mol. The molecule has 0 unspecified atom stereocenters. The van der Waals surface area contributed by atoms with Crippen molar-refractivity contribution in [3.63, 3.8) is 0 Å². The maximum absolute atomic E-state index is 10.6. The fourth-order valence-electron chi connectivity index (χ4n) is 0.464. The second-order valence-electron chi connectivity index (χ2n) is 1.95. The molecule has 1 fully saturated rings. The highest BCUT2D eigenvalue weighted by Crippen LogP contribution is 2.14. The zero-order valence-corrected chi connectivity index (χ0v) is 5.40. The van der Waals surface area contributed by atoms with Gasteiger partial charge in [0.15, 0.2) is 0 Å². The van der Waals surface area contributed by atoms with E-state index in [1.165, 1.54) is 0 Å². The third-order valence-electron chi connectivity index (χ3n) is 1.06. The molecule has 0 spiro atoms. The summed E-state index contributed by atoms with van der Waals surface area (Å²) in [4.78, 5) is 39.4. The number of nitrogens with two attached hydrogens (primary N) is 1. The number of amides is 1. The minimum absolute atomic E-state index is 0.556. The summed E-state index contributed by atoms with van der Waals surface area (Å²) in [7, 11) is 0. The molecule has 0 aromatic rings. The Hall–Kier alpha value is -1.27. The molecule has 0 radical (unpaired) electrons. The van der Waals surface area contributed by atoms with E-state index >= 15 is 0 Å². The second kappa shape index (κ2) is 2.77. The quantitative estimate of drug-likeness (QED) is 0.227. The number of hydrogen-bond donors (Lipinski definition) is 1. The fourth-order valence-corrected chi connectivity index (χ4v) is 0.464. The van der Waals surface area contributed by atoms with Crippen LogP contribution in [0.2, 0.25) is 0 Å². The Balaban J connectivity index is 2.34. The molecule has 6 heteroatoms. The minimum atomic E-state index is -1.13. The molecule has 0 saturated carbocycles. The van der Waals surface area contributed by atoms with Gasteiger partial charge in [-0.05, 0) is 0 Å². The highest BCUT2D eigenvalue weighted by Gasteiger charge is 2.36. The standard InChI is InChI=1S/C5H5NO5/c6-4(9)2(7)1-3(8)5-10-11-5/h5H,1H2,(H2,6,9). The lowest BCUT2D eigenvalue weighted by molar-refractivity contribution is -0.138. The van der Waals surface area contributed by atoms with E-state index in [1.807, 2.05) is 0 Å². The molecule has 2 N–H and O–H groups in total. The third-order valence-corrected chi connectivity index (χ3v) is 1.06. The van der Waals surface area contributed by atoms with Gasteiger partial charge in [0.25, 0.3) is 12.2 Å². The molecule has 1 heterocycles. The Bertz CT molecular complexity index is 219. The monoisotopic (exact) mass is 159 g/mol. The first kappa shape index (κ1) is 7.83. The van der Waals surface area contributed by atoms with Gasteiger partial charge in [0.1, 0.15) is 0 Å². The summed E-state index contributed by atoms with van der Waals surface area (Å²) in [5.41, 5.74) is 4.58. The van der Waals surface area contributed by atoms with Crippen LogP contribution >= 0.6 is 0 Å². The largest absolute Gasteiger partial charge is 0.363 e. The van der Waals surface area contributed by atoms with Crippen LogP contribution in [-0.2, 0) is 24.2 Å². The van der Waals surface area contributed by atoms with Gasteiger partial charge in [-0.1, -0.05) is 0 Å². The molecule has 1 amide bonds. The molecule has 11 heavy (non-hydrogen) atoms. The maximum Gasteiger partial charge on any atom is 0.285 e. The van der Waals surface area contributed by atoms with E-state index in [2.05, 4.69) is 15.5 Å². The average Bonchev–Trinajstić information content (AvgIpc) is 2.67. The number of rotatable bonds is 4. The number of hydrogen-bond acceptors (Lipinski definition) is 5. The van der Waals surface area contributed by atoms with Gasteiger partial charge in [0.05, 0.1) is 6.42 Å². The van der Waals surface area contributed by atoms with Crippen molar-refractivity contribution in [2.24, 2.45) is 5.73 Å². The number of Topliss-reactive ketones (excluding diaryl/α,β-unsaturated/α-hetero) is 2. The molecule has 6 nitrogen and oxygen atoms in total. The number of primary amides is 1. The molecular weight excluding hydrogens is 154 g/mol. The van der Waals surface area contributed by atoms with Crippen molar-refractivity contribution in [3.05, 3.63) is 0 Å². The molecule has 1 saturated heterocycles. The van der Waals surface area contributed by atoms with Crippen LogP contribution in [0.15, 0.2) is 0 Å². The maximum atomic E-state index is 10.6. The first-order valence-corrected chi connectivity index (χ1v) is 2.78. The van der Waals surface area contributed by atoms with Gasteiger partial charge >= 0.3 is 0 Å². The number of ketones is 2. The van der Waals surface area contributed by atoms with E-state index in [1.54, 1.807) is 0 Å². The Morgan fingerprint density at radius 2 is 1.82 bits per heavy atom. The van der Waals surface area contributed by atoms with Crippen LogP contribution in [0.4, 0.5) is 0 Å². The third kappa shape index (κ3) is 2.10. The van der Waals surface area contributed by atoms with Crippen molar-refractivity contribution >= 4 is 17.5 Å². The smallest absolute Gasteiger partial charge is 0.285 e. The lowest BCUT2D eigenvalue weighted by Gasteiger charge is -1.88. The van der Waals surface area contributed by atoms with Gasteiger partial charge in [-0.3, -0.25) is 14.4 Å². The predicted molar refractivity (Wildman–Crippen MR) is 29.8 cm³/mol. The topological polar surface area (TPSA) is 102 Å². The van der Waals surface area contributed by atoms with E-state index in [0.29, 0.717) is 0 Å². The lowest BCUT2D eigenvalue weighted by Crippen LogP contribution is -2.26. The van der Waals surface area contributed by atoms with Crippen molar-refractivity contribution < 1.29 is 24.2 Å². The molecule has 0 aromatic heterocycles. The van der Waals surface area contributed by atoms with Crippen LogP contribution in [0.25, 0.3) is 0 Å². The van der Waals surface area contributed by atoms with Crippen LogP contribution in [0.1, 0.15) is 6.42 Å². The first-order chi connectivity index (χ1) is 5.11. The zero-order valence-electron chi connectivity index (χ0n) is 5.40. The molecule has 0 atom stereocenters. The molecule has 0 aromatic carbocycles. The first-order valence-electron chi connectivity index (χ1n) is 2.78. The zero-order chi connectivity index (χ0) is 8.43. The summed E-state index contributed by atoms with van der Waals surface area (Å²) in [6.07, 6.45) is -1.53. The molecular formula is C5H5NO5. The van der Waals surface area contributed by atoms with Crippen LogP contribution in [-0.4, -0.2) is 23.8 Å². The van der Waals surface area contributed by atoms with Gasteiger partial charge in [-0.2, -0.15) is 9.78 Å². The molecule has 1 aliphatic rings. The van der Waals surface area contributed by atoms with E-state index in [9.17, 15) is 14.4 Å². The molecule has 0 aliphatic carbocycles. The normalized spacial score (nSPS) is 16.0. The number of carbonyl (C=O) groups excluding carboxylic acids is 3. The summed E-state index contributed by atoms with van der Waals surface area (Å²) >= 11 is 0. The Morgan fingerprint density at radius 3 is 2.18 bits per heavy atom. The van der Waals surface area contributed by atoms with E-state index < -0.39 is 30.2 Å². The summed E-state index contributed by atoms with van der Waals surface area (Å²) in [6, 6.07) is 0. The predicted octanol–water partition coefficient (Wildman–Crippen LogP) is -1.71. The molecule has 1 rings (SSSR count). The van der Waals surface area contributed by atoms with Crippen LogP contribution in [0, 0.1) is 0 Å². The lowest BCUT2D eigenvalue weighted by atomic mass is 10.2. The van der Waals surface area contributed by atoms with E-state index in [4.69, 9.17) is 0 Å². The number of carbonyl (C=O) groups is 3. The molecule has 60 valence electrons. The van der Waals surface area contributed by atoms with Crippen LogP contribution < -0.4 is 5.73 Å². The van der Waals surface area contributed by atoms with E-state index in [0.717, 1.165) is 0 Å². The van der Waals surface area contributed by atoms with Crippen molar-refractivity contribution in [1.82, 2.24) is 0 Å². The fraction of sp³-hybridized carbons (Fsp3) is 0.400. The van der Waals surface area contributed by atoms with Crippen molar-refractivity contribution in [2.45, 2.75) is 12.7 Å². The van der Waals surface area contributed by atoms with Crippen molar-refractivity contribution in [1.29, 1.82) is 0 Å². The Labute approximate surface area is 61.2 Å².